The van der Waals surface area contributed by atoms with E-state index in [2.05, 4.69) is 32.9 Å². The molecule has 5 rings (SSSR count). The molecule has 1 aromatic rings. The summed E-state index contributed by atoms with van der Waals surface area (Å²) in [5.41, 5.74) is 2.35. The van der Waals surface area contributed by atoms with Crippen molar-refractivity contribution in [3.63, 3.8) is 0 Å². The summed E-state index contributed by atoms with van der Waals surface area (Å²) in [6, 6.07) is 6.41. The lowest BCUT2D eigenvalue weighted by Crippen LogP contribution is -2.51. The Morgan fingerprint density at radius 1 is 1.11 bits per heavy atom. The van der Waals surface area contributed by atoms with Crippen LogP contribution in [0.15, 0.2) is 48.1 Å². The van der Waals surface area contributed by atoms with E-state index < -0.39 is 0 Å². The highest BCUT2D eigenvalue weighted by molar-refractivity contribution is 6.01. The first kappa shape index (κ1) is 27.1. The average Bonchev–Trinajstić information content (AvgIpc) is 3.24. The van der Waals surface area contributed by atoms with Gasteiger partial charge in [0.1, 0.15) is 11.9 Å². The Kier molecular flexibility index (Phi) is 7.34. The number of nitrogens with zero attached hydrogens (tertiary/aromatic N) is 1. The van der Waals surface area contributed by atoms with Crippen LogP contribution in [0.5, 0.6) is 0 Å². The number of allylic oxidation sites excluding steroid dienone is 2. The number of fused-ring (bicyclic) bond motifs is 5. The van der Waals surface area contributed by atoms with E-state index in [0.717, 1.165) is 25.7 Å². The third-order valence-electron chi connectivity index (χ3n) is 11.2. The molecular formula is C33H44FNO3. The molecule has 8 atom stereocenters. The van der Waals surface area contributed by atoms with Crippen LogP contribution in [-0.2, 0) is 14.3 Å². The van der Waals surface area contributed by atoms with Gasteiger partial charge in [0.2, 0.25) is 5.91 Å². The van der Waals surface area contributed by atoms with Crippen LogP contribution in [0.25, 0.3) is 0 Å². The molecule has 4 nitrogen and oxygen atoms in total. The third-order valence-corrected chi connectivity index (χ3v) is 11.2. The topological polar surface area (TPSA) is 46.6 Å². The number of halogens is 1. The number of ether oxygens (including phenoxy) is 1. The summed E-state index contributed by atoms with van der Waals surface area (Å²) in [4.78, 5) is 25.8. The Labute approximate surface area is 227 Å². The molecule has 0 aromatic heterocycles. The maximum atomic E-state index is 14.2. The molecule has 3 saturated carbocycles. The zero-order valence-electron chi connectivity index (χ0n) is 23.7. The molecule has 0 aliphatic heterocycles. The van der Waals surface area contributed by atoms with Crippen LogP contribution in [0.1, 0.15) is 79.1 Å². The lowest BCUT2D eigenvalue weighted by atomic mass is 9.47. The summed E-state index contributed by atoms with van der Waals surface area (Å²) in [5, 5.41) is 0. The van der Waals surface area contributed by atoms with E-state index in [1.165, 1.54) is 49.1 Å². The van der Waals surface area contributed by atoms with Gasteiger partial charge in [-0.05, 0) is 104 Å². The Hall–Kier alpha value is -2.43. The number of hydrogen-bond donors (Lipinski definition) is 0. The van der Waals surface area contributed by atoms with Gasteiger partial charge in [-0.3, -0.25) is 9.59 Å². The van der Waals surface area contributed by atoms with Crippen molar-refractivity contribution in [2.24, 2.45) is 40.4 Å². The van der Waals surface area contributed by atoms with E-state index in [9.17, 15) is 14.0 Å². The molecule has 1 amide bonds. The molecule has 0 N–H and O–H groups in total. The van der Waals surface area contributed by atoms with E-state index in [0.29, 0.717) is 35.3 Å². The number of likely N-dealkylation sites (N-methyl/N-ethyl adjacent to an activating group) is 1. The monoisotopic (exact) mass is 521 g/mol. The lowest BCUT2D eigenvalue weighted by Gasteiger charge is -2.58. The normalized spacial score (nSPS) is 37.0. The standard InChI is InChI=1S/C33H44FNO3/c1-21(10-15-31(37)35(5)30-9-7-6-8-29(30)34)26-13-14-27-25-12-11-23-20-24(38-22(2)36)16-18-32(23,3)28(25)17-19-33(26,27)4/h6-11,15,21,24-28H,12-14,16-20H2,1-5H3/b15-10+/t21-,24+,25+,26-,27+,28+,32+,33-/m1/s1. The van der Waals surface area contributed by atoms with E-state index in [-0.39, 0.29) is 34.6 Å². The van der Waals surface area contributed by atoms with Gasteiger partial charge in [-0.25, -0.2) is 4.39 Å². The number of carbonyl (C=O) groups excluding carboxylic acids is 2. The van der Waals surface area contributed by atoms with Crippen LogP contribution >= 0.6 is 0 Å². The summed E-state index contributed by atoms with van der Waals surface area (Å²) >= 11 is 0. The Morgan fingerprint density at radius 3 is 2.61 bits per heavy atom. The van der Waals surface area contributed by atoms with Gasteiger partial charge in [0, 0.05) is 20.4 Å². The molecule has 206 valence electrons. The summed E-state index contributed by atoms with van der Waals surface area (Å²) in [6.45, 7) is 8.78. The summed E-state index contributed by atoms with van der Waals surface area (Å²) < 4.78 is 19.8. The van der Waals surface area contributed by atoms with Crippen LogP contribution in [-0.4, -0.2) is 25.0 Å². The van der Waals surface area contributed by atoms with Gasteiger partial charge in [-0.15, -0.1) is 0 Å². The van der Waals surface area contributed by atoms with Gasteiger partial charge in [0.05, 0.1) is 5.69 Å². The van der Waals surface area contributed by atoms with Crippen LogP contribution in [0.3, 0.4) is 0 Å². The van der Waals surface area contributed by atoms with Crippen LogP contribution in [0.2, 0.25) is 0 Å². The maximum Gasteiger partial charge on any atom is 0.302 e. The first-order valence-corrected chi connectivity index (χ1v) is 14.6. The Morgan fingerprint density at radius 2 is 1.87 bits per heavy atom. The second-order valence-electron chi connectivity index (χ2n) is 13.0. The number of amides is 1. The fourth-order valence-corrected chi connectivity index (χ4v) is 9.19. The van der Waals surface area contributed by atoms with Gasteiger partial charge in [0.25, 0.3) is 0 Å². The molecule has 3 fully saturated rings. The van der Waals surface area contributed by atoms with Crippen LogP contribution in [0, 0.1) is 46.2 Å². The smallest absolute Gasteiger partial charge is 0.302 e. The van der Waals surface area contributed by atoms with Crippen LogP contribution in [0.4, 0.5) is 10.1 Å². The summed E-state index contributed by atoms with van der Waals surface area (Å²) in [7, 11) is 1.63. The summed E-state index contributed by atoms with van der Waals surface area (Å²) in [6.07, 6.45) is 15.4. The quantitative estimate of drug-likeness (QED) is 0.229. The molecular weight excluding hydrogens is 477 g/mol. The summed E-state index contributed by atoms with van der Waals surface area (Å²) in [5.74, 6) is 2.24. The largest absolute Gasteiger partial charge is 0.462 e. The number of hydrogen-bond acceptors (Lipinski definition) is 3. The molecule has 5 heteroatoms. The highest BCUT2D eigenvalue weighted by atomic mass is 19.1. The highest BCUT2D eigenvalue weighted by Crippen LogP contribution is 2.67. The molecule has 0 saturated heterocycles. The van der Waals surface area contributed by atoms with Crippen molar-refractivity contribution >= 4 is 17.6 Å². The van der Waals surface area contributed by atoms with Gasteiger partial charge >= 0.3 is 5.97 Å². The number of anilines is 1. The van der Waals surface area contributed by atoms with Crippen molar-refractivity contribution in [2.75, 3.05) is 11.9 Å². The molecule has 0 radical (unpaired) electrons. The Balaban J connectivity index is 1.28. The fourth-order valence-electron chi connectivity index (χ4n) is 9.19. The second kappa shape index (κ2) is 10.3. The van der Waals surface area contributed by atoms with Gasteiger partial charge in [0.15, 0.2) is 0 Å². The Bertz CT molecular complexity index is 1140. The SMILES string of the molecule is CC(=O)O[C@H]1CC[C@@]2(C)C(=CC[C@H]3[C@@H]4CC[C@H]([C@H](C)/C=C/C(=O)N(C)c5ccccc5F)[C@@]4(C)CC[C@@H]32)C1. The highest BCUT2D eigenvalue weighted by Gasteiger charge is 2.59. The minimum Gasteiger partial charge on any atom is -0.462 e. The number of carbonyl (C=O) groups is 2. The zero-order chi connectivity index (χ0) is 27.2. The molecule has 1 aromatic carbocycles. The third kappa shape index (κ3) is 4.64. The minimum absolute atomic E-state index is 0.0425. The van der Waals surface area contributed by atoms with Crippen molar-refractivity contribution in [1.29, 1.82) is 0 Å². The van der Waals surface area contributed by atoms with Gasteiger partial charge in [-0.2, -0.15) is 0 Å². The number of rotatable bonds is 5. The zero-order valence-corrected chi connectivity index (χ0v) is 23.7. The molecule has 0 spiro atoms. The molecule has 38 heavy (non-hydrogen) atoms. The van der Waals surface area contributed by atoms with E-state index in [1.54, 1.807) is 31.3 Å². The lowest BCUT2D eigenvalue weighted by molar-refractivity contribution is -0.148. The average molecular weight is 522 g/mol. The fraction of sp³-hybridized carbons (Fsp3) is 0.636. The first-order valence-electron chi connectivity index (χ1n) is 14.6. The maximum absolute atomic E-state index is 14.2. The van der Waals surface area contributed by atoms with Crippen molar-refractivity contribution in [1.82, 2.24) is 0 Å². The van der Waals surface area contributed by atoms with Gasteiger partial charge in [-0.1, -0.05) is 50.6 Å². The number of para-hydroxylation sites is 1. The van der Waals surface area contributed by atoms with E-state index in [1.807, 2.05) is 0 Å². The number of esters is 1. The predicted octanol–water partition coefficient (Wildman–Crippen LogP) is 7.49. The van der Waals surface area contributed by atoms with Crippen molar-refractivity contribution in [3.05, 3.63) is 53.9 Å². The van der Waals surface area contributed by atoms with Crippen molar-refractivity contribution < 1.29 is 18.7 Å². The minimum atomic E-state index is -0.383. The van der Waals surface area contributed by atoms with Crippen molar-refractivity contribution in [3.8, 4) is 0 Å². The second-order valence-corrected chi connectivity index (χ2v) is 13.0. The molecule has 0 bridgehead atoms. The first-order chi connectivity index (χ1) is 18.0. The number of benzene rings is 1. The van der Waals surface area contributed by atoms with Crippen molar-refractivity contribution in [2.45, 2.75) is 85.2 Å². The molecule has 0 heterocycles. The molecule has 4 aliphatic carbocycles. The van der Waals surface area contributed by atoms with Crippen LogP contribution < -0.4 is 4.90 Å². The van der Waals surface area contributed by atoms with Gasteiger partial charge < -0.3 is 9.64 Å². The van der Waals surface area contributed by atoms with E-state index >= 15 is 0 Å². The molecule has 0 unspecified atom stereocenters. The molecule has 4 aliphatic rings. The predicted molar refractivity (Wildman–Crippen MR) is 149 cm³/mol. The van der Waals surface area contributed by atoms with E-state index in [4.69, 9.17) is 4.74 Å².